The van der Waals surface area contributed by atoms with Crippen molar-refractivity contribution in [2.45, 2.75) is 13.3 Å². The molecule has 2 N–H and O–H groups in total. The van der Waals surface area contributed by atoms with Crippen LogP contribution in [0, 0.1) is 5.82 Å². The summed E-state index contributed by atoms with van der Waals surface area (Å²) < 4.78 is 12.8. The van der Waals surface area contributed by atoms with Gasteiger partial charge in [0.25, 0.3) is 0 Å². The molecule has 1 aromatic carbocycles. The van der Waals surface area contributed by atoms with Gasteiger partial charge in [0.05, 0.1) is 0 Å². The molecule has 2 rings (SSSR count). The van der Waals surface area contributed by atoms with Gasteiger partial charge in [-0.15, -0.1) is 0 Å². The van der Waals surface area contributed by atoms with E-state index in [0.717, 1.165) is 12.0 Å². The summed E-state index contributed by atoms with van der Waals surface area (Å²) in [4.78, 5) is 12.1. The predicted octanol–water partition coefficient (Wildman–Crippen LogP) is 2.75. The Labute approximate surface area is 121 Å². The molecule has 0 saturated carbocycles. The molecule has 20 heavy (non-hydrogen) atoms. The summed E-state index contributed by atoms with van der Waals surface area (Å²) >= 11 is 5.82. The highest BCUT2D eigenvalue weighted by Crippen LogP contribution is 2.10. The van der Waals surface area contributed by atoms with E-state index in [1.165, 1.54) is 12.1 Å². The normalized spacial score (nSPS) is 10.3. The maximum absolute atomic E-state index is 12.8. The summed E-state index contributed by atoms with van der Waals surface area (Å²) in [5, 5.41) is 6.18. The molecule has 1 heterocycles. The van der Waals surface area contributed by atoms with Crippen LogP contribution in [0.25, 0.3) is 0 Å². The summed E-state index contributed by atoms with van der Waals surface area (Å²) in [5.41, 5.74) is 1.03. The van der Waals surface area contributed by atoms with Crippen molar-refractivity contribution in [1.29, 1.82) is 0 Å². The second kappa shape index (κ2) is 7.00. The first kappa shape index (κ1) is 14.5. The number of nitrogens with zero attached hydrogens (tertiary/aromatic N) is 3. The lowest BCUT2D eigenvalue weighted by Crippen LogP contribution is -2.11. The number of hydrogen-bond donors (Lipinski definition) is 2. The zero-order chi connectivity index (χ0) is 14.4. The number of anilines is 2. The molecule has 0 fully saturated rings. The van der Waals surface area contributed by atoms with Crippen LogP contribution in [0.4, 0.5) is 16.3 Å². The topological polar surface area (TPSA) is 62.7 Å². The molecule has 0 amide bonds. The van der Waals surface area contributed by atoms with Crippen molar-refractivity contribution in [3.05, 3.63) is 40.9 Å². The zero-order valence-electron chi connectivity index (χ0n) is 11.0. The largest absolute Gasteiger partial charge is 0.354 e. The Bertz CT molecular complexity index is 561. The molecule has 106 valence electrons. The van der Waals surface area contributed by atoms with Crippen LogP contribution in [0.1, 0.15) is 12.5 Å². The number of hydrogen-bond acceptors (Lipinski definition) is 5. The average Bonchev–Trinajstić information content (AvgIpc) is 2.41. The van der Waals surface area contributed by atoms with Crippen LogP contribution in [0.15, 0.2) is 24.3 Å². The maximum atomic E-state index is 12.8. The number of benzene rings is 1. The van der Waals surface area contributed by atoms with Crippen molar-refractivity contribution >= 4 is 23.5 Å². The first-order chi connectivity index (χ1) is 9.67. The van der Waals surface area contributed by atoms with Crippen LogP contribution in [0.2, 0.25) is 5.28 Å². The van der Waals surface area contributed by atoms with Gasteiger partial charge in [-0.25, -0.2) is 4.39 Å². The van der Waals surface area contributed by atoms with Gasteiger partial charge in [-0.3, -0.25) is 0 Å². The molecule has 0 bridgehead atoms. The van der Waals surface area contributed by atoms with Gasteiger partial charge < -0.3 is 10.6 Å². The SMILES string of the molecule is CCNc1nc(Cl)nc(NCCc2ccc(F)cc2)n1. The molecule has 1 aromatic heterocycles. The van der Waals surface area contributed by atoms with Crippen LogP contribution < -0.4 is 10.6 Å². The van der Waals surface area contributed by atoms with Crippen LogP contribution in [0.5, 0.6) is 0 Å². The second-order valence-electron chi connectivity index (χ2n) is 4.09. The Morgan fingerprint density at radius 3 is 2.35 bits per heavy atom. The van der Waals surface area contributed by atoms with Crippen molar-refractivity contribution in [1.82, 2.24) is 15.0 Å². The van der Waals surface area contributed by atoms with E-state index in [1.54, 1.807) is 12.1 Å². The van der Waals surface area contributed by atoms with Gasteiger partial charge in [-0.2, -0.15) is 15.0 Å². The predicted molar refractivity (Wildman–Crippen MR) is 77.6 cm³/mol. The summed E-state index contributed by atoms with van der Waals surface area (Å²) in [6.07, 6.45) is 0.736. The highest BCUT2D eigenvalue weighted by molar-refractivity contribution is 6.28. The van der Waals surface area contributed by atoms with Crippen molar-refractivity contribution < 1.29 is 4.39 Å². The molecule has 0 radical (unpaired) electrons. The molecule has 0 atom stereocenters. The van der Waals surface area contributed by atoms with Gasteiger partial charge in [0.15, 0.2) is 0 Å². The Balaban J connectivity index is 1.91. The monoisotopic (exact) mass is 295 g/mol. The third-order valence-electron chi connectivity index (χ3n) is 2.55. The Morgan fingerprint density at radius 1 is 1.05 bits per heavy atom. The van der Waals surface area contributed by atoms with Crippen molar-refractivity contribution in [2.24, 2.45) is 0 Å². The maximum Gasteiger partial charge on any atom is 0.228 e. The summed E-state index contributed by atoms with van der Waals surface area (Å²) in [5.74, 6) is 0.626. The first-order valence-corrected chi connectivity index (χ1v) is 6.69. The molecular weight excluding hydrogens is 281 g/mol. The lowest BCUT2D eigenvalue weighted by molar-refractivity contribution is 0.627. The van der Waals surface area contributed by atoms with Gasteiger partial charge in [0.1, 0.15) is 5.82 Å². The minimum absolute atomic E-state index is 0.139. The van der Waals surface area contributed by atoms with Gasteiger partial charge in [-0.1, -0.05) is 12.1 Å². The first-order valence-electron chi connectivity index (χ1n) is 6.31. The molecule has 5 nitrogen and oxygen atoms in total. The van der Waals surface area contributed by atoms with E-state index in [-0.39, 0.29) is 11.1 Å². The molecule has 0 aliphatic rings. The highest BCUT2D eigenvalue weighted by Gasteiger charge is 2.03. The zero-order valence-corrected chi connectivity index (χ0v) is 11.8. The van der Waals surface area contributed by atoms with E-state index in [1.807, 2.05) is 6.92 Å². The summed E-state index contributed by atoms with van der Waals surface area (Å²) in [6, 6.07) is 6.39. The minimum atomic E-state index is -0.235. The molecule has 0 aliphatic carbocycles. The number of halogens is 2. The van der Waals surface area contributed by atoms with Crippen LogP contribution in [0.3, 0.4) is 0 Å². The van der Waals surface area contributed by atoms with E-state index in [9.17, 15) is 4.39 Å². The fourth-order valence-corrected chi connectivity index (χ4v) is 1.80. The molecule has 0 aliphatic heterocycles. The number of aromatic nitrogens is 3. The van der Waals surface area contributed by atoms with E-state index < -0.39 is 0 Å². The van der Waals surface area contributed by atoms with Crippen molar-refractivity contribution in [2.75, 3.05) is 23.7 Å². The fourth-order valence-electron chi connectivity index (χ4n) is 1.64. The molecule has 0 saturated heterocycles. The molecule has 7 heteroatoms. The lowest BCUT2D eigenvalue weighted by atomic mass is 10.1. The van der Waals surface area contributed by atoms with Gasteiger partial charge >= 0.3 is 0 Å². The molecule has 0 spiro atoms. The van der Waals surface area contributed by atoms with Crippen molar-refractivity contribution in [3.8, 4) is 0 Å². The Hall–Kier alpha value is -1.95. The smallest absolute Gasteiger partial charge is 0.228 e. The number of rotatable bonds is 6. The molecule has 2 aromatic rings. The summed E-state index contributed by atoms with van der Waals surface area (Å²) in [7, 11) is 0. The van der Waals surface area contributed by atoms with Crippen LogP contribution in [-0.4, -0.2) is 28.0 Å². The van der Waals surface area contributed by atoms with E-state index in [4.69, 9.17) is 11.6 Å². The average molecular weight is 296 g/mol. The third kappa shape index (κ3) is 4.31. The highest BCUT2D eigenvalue weighted by atomic mass is 35.5. The van der Waals surface area contributed by atoms with Crippen LogP contribution in [-0.2, 0) is 6.42 Å². The second-order valence-corrected chi connectivity index (χ2v) is 4.42. The lowest BCUT2D eigenvalue weighted by Gasteiger charge is -2.07. The van der Waals surface area contributed by atoms with Crippen molar-refractivity contribution in [3.63, 3.8) is 0 Å². The van der Waals surface area contributed by atoms with Crippen LogP contribution >= 0.6 is 11.6 Å². The standard InChI is InChI=1S/C13H15ClFN5/c1-2-16-12-18-11(14)19-13(20-12)17-8-7-9-3-5-10(15)6-4-9/h3-6H,2,7-8H2,1H3,(H2,16,17,18,19,20). The van der Waals surface area contributed by atoms with E-state index in [0.29, 0.717) is 25.0 Å². The molecular formula is C13H15ClFN5. The Kier molecular flexibility index (Phi) is 5.06. The number of nitrogens with one attached hydrogen (secondary N) is 2. The van der Waals surface area contributed by atoms with E-state index in [2.05, 4.69) is 25.6 Å². The fraction of sp³-hybridized carbons (Fsp3) is 0.308. The third-order valence-corrected chi connectivity index (χ3v) is 2.72. The van der Waals surface area contributed by atoms with Gasteiger partial charge in [0, 0.05) is 13.1 Å². The van der Waals surface area contributed by atoms with Gasteiger partial charge in [-0.05, 0) is 42.6 Å². The summed E-state index contributed by atoms with van der Waals surface area (Å²) in [6.45, 7) is 3.27. The quantitative estimate of drug-likeness (QED) is 0.858. The van der Waals surface area contributed by atoms with E-state index >= 15 is 0 Å². The molecule has 0 unspecified atom stereocenters. The Morgan fingerprint density at radius 2 is 1.70 bits per heavy atom. The van der Waals surface area contributed by atoms with Gasteiger partial charge in [0.2, 0.25) is 17.2 Å². The minimum Gasteiger partial charge on any atom is -0.354 e.